The van der Waals surface area contributed by atoms with Gasteiger partial charge in [-0.2, -0.15) is 0 Å². The summed E-state index contributed by atoms with van der Waals surface area (Å²) in [5, 5.41) is 3.43. The molecule has 1 atom stereocenters. The quantitative estimate of drug-likeness (QED) is 0.863. The first-order chi connectivity index (χ1) is 9.76. The fourth-order valence-electron chi connectivity index (χ4n) is 1.96. The minimum absolute atomic E-state index is 0.153. The molecule has 20 heavy (non-hydrogen) atoms. The summed E-state index contributed by atoms with van der Waals surface area (Å²) in [6.45, 7) is 4.84. The smallest absolute Gasteiger partial charge is 0.237 e. The summed E-state index contributed by atoms with van der Waals surface area (Å²) in [5.41, 5.74) is 1.60. The standard InChI is InChI=1S/C14H19N5O/c1-4-6-16-12(11-5-7-15-10(2)19-11)13-14(20-3)18-9-8-17-13/h5,7-9,12,16H,4,6H2,1-3H3. The van der Waals surface area contributed by atoms with Crippen LogP contribution < -0.4 is 10.1 Å². The molecule has 0 radical (unpaired) electrons. The summed E-state index contributed by atoms with van der Waals surface area (Å²) >= 11 is 0. The highest BCUT2D eigenvalue weighted by atomic mass is 16.5. The molecule has 0 aliphatic heterocycles. The van der Waals surface area contributed by atoms with Gasteiger partial charge >= 0.3 is 0 Å². The van der Waals surface area contributed by atoms with Gasteiger partial charge < -0.3 is 10.1 Å². The average molecular weight is 273 g/mol. The van der Waals surface area contributed by atoms with E-state index in [1.807, 2.05) is 13.0 Å². The fraction of sp³-hybridized carbons (Fsp3) is 0.429. The van der Waals surface area contributed by atoms with Crippen molar-refractivity contribution in [2.24, 2.45) is 0 Å². The zero-order valence-electron chi connectivity index (χ0n) is 12.0. The third-order valence-electron chi connectivity index (χ3n) is 2.85. The Kier molecular flexibility index (Phi) is 4.95. The van der Waals surface area contributed by atoms with E-state index in [0.717, 1.165) is 30.2 Å². The molecule has 0 bridgehead atoms. The van der Waals surface area contributed by atoms with Gasteiger partial charge in [-0.05, 0) is 26.0 Å². The second kappa shape index (κ2) is 6.91. The van der Waals surface area contributed by atoms with Crippen molar-refractivity contribution in [1.29, 1.82) is 0 Å². The average Bonchev–Trinajstić information content (AvgIpc) is 2.48. The van der Waals surface area contributed by atoms with Crippen LogP contribution in [0.4, 0.5) is 0 Å². The molecule has 0 aliphatic rings. The number of rotatable bonds is 6. The Balaban J connectivity index is 2.41. The number of hydrogen-bond donors (Lipinski definition) is 1. The molecule has 2 rings (SSSR count). The first-order valence-corrected chi connectivity index (χ1v) is 6.64. The summed E-state index contributed by atoms with van der Waals surface area (Å²) < 4.78 is 5.30. The maximum Gasteiger partial charge on any atom is 0.237 e. The summed E-state index contributed by atoms with van der Waals surface area (Å²) in [7, 11) is 1.59. The molecule has 0 spiro atoms. The van der Waals surface area contributed by atoms with Crippen LogP contribution in [-0.2, 0) is 0 Å². The van der Waals surface area contributed by atoms with Gasteiger partial charge in [-0.15, -0.1) is 0 Å². The second-order valence-corrected chi connectivity index (χ2v) is 4.37. The highest BCUT2D eigenvalue weighted by molar-refractivity contribution is 5.28. The molecule has 1 N–H and O–H groups in total. The Bertz CT molecular complexity index is 561. The van der Waals surface area contributed by atoms with Gasteiger partial charge in [-0.1, -0.05) is 6.92 Å². The summed E-state index contributed by atoms with van der Waals surface area (Å²) in [6.07, 6.45) is 6.04. The summed E-state index contributed by atoms with van der Waals surface area (Å²) in [6, 6.07) is 1.73. The lowest BCUT2D eigenvalue weighted by molar-refractivity contribution is 0.381. The lowest BCUT2D eigenvalue weighted by atomic mass is 10.1. The number of ether oxygens (including phenoxy) is 1. The van der Waals surface area contributed by atoms with Gasteiger partial charge in [-0.3, -0.25) is 4.98 Å². The minimum atomic E-state index is -0.153. The van der Waals surface area contributed by atoms with E-state index >= 15 is 0 Å². The van der Waals surface area contributed by atoms with Gasteiger partial charge in [0.15, 0.2) is 0 Å². The molecular formula is C14H19N5O. The van der Waals surface area contributed by atoms with Crippen LogP contribution in [0.2, 0.25) is 0 Å². The van der Waals surface area contributed by atoms with Crippen LogP contribution in [0, 0.1) is 6.92 Å². The maximum atomic E-state index is 5.30. The highest BCUT2D eigenvalue weighted by Crippen LogP contribution is 2.24. The van der Waals surface area contributed by atoms with Crippen molar-refractivity contribution in [3.63, 3.8) is 0 Å². The normalized spacial score (nSPS) is 12.2. The van der Waals surface area contributed by atoms with Gasteiger partial charge in [0.2, 0.25) is 5.88 Å². The monoisotopic (exact) mass is 273 g/mol. The molecule has 0 saturated heterocycles. The lowest BCUT2D eigenvalue weighted by Crippen LogP contribution is -2.26. The Hall–Kier alpha value is -2.08. The van der Waals surface area contributed by atoms with Gasteiger partial charge in [0.25, 0.3) is 0 Å². The number of aromatic nitrogens is 4. The lowest BCUT2D eigenvalue weighted by Gasteiger charge is -2.19. The predicted molar refractivity (Wildman–Crippen MR) is 75.5 cm³/mol. The van der Waals surface area contributed by atoms with Crippen molar-refractivity contribution in [3.05, 3.63) is 41.9 Å². The van der Waals surface area contributed by atoms with E-state index in [1.54, 1.807) is 25.7 Å². The van der Waals surface area contributed by atoms with E-state index in [1.165, 1.54) is 0 Å². The topological polar surface area (TPSA) is 72.8 Å². The molecule has 1 unspecified atom stereocenters. The first kappa shape index (κ1) is 14.3. The molecule has 0 fully saturated rings. The SMILES string of the molecule is CCCNC(c1ccnc(C)n1)c1nccnc1OC. The van der Waals surface area contributed by atoms with E-state index in [9.17, 15) is 0 Å². The molecule has 0 aliphatic carbocycles. The van der Waals surface area contributed by atoms with Gasteiger partial charge in [0.1, 0.15) is 11.5 Å². The Labute approximate surface area is 118 Å². The summed E-state index contributed by atoms with van der Waals surface area (Å²) in [5.74, 6) is 1.24. The minimum Gasteiger partial charge on any atom is -0.480 e. The maximum absolute atomic E-state index is 5.30. The van der Waals surface area contributed by atoms with Crippen molar-refractivity contribution in [1.82, 2.24) is 25.3 Å². The van der Waals surface area contributed by atoms with Crippen molar-refractivity contribution in [2.45, 2.75) is 26.3 Å². The third-order valence-corrected chi connectivity index (χ3v) is 2.85. The molecule has 6 nitrogen and oxygen atoms in total. The van der Waals surface area contributed by atoms with Crippen molar-refractivity contribution < 1.29 is 4.74 Å². The fourth-order valence-corrected chi connectivity index (χ4v) is 1.96. The van der Waals surface area contributed by atoms with Crippen LogP contribution in [0.15, 0.2) is 24.7 Å². The molecule has 0 saturated carbocycles. The molecule has 0 amide bonds. The number of methoxy groups -OCH3 is 1. The van der Waals surface area contributed by atoms with Crippen LogP contribution >= 0.6 is 0 Å². The number of nitrogens with one attached hydrogen (secondary N) is 1. The van der Waals surface area contributed by atoms with Crippen LogP contribution in [0.5, 0.6) is 5.88 Å². The zero-order chi connectivity index (χ0) is 14.4. The van der Waals surface area contributed by atoms with Crippen molar-refractivity contribution >= 4 is 0 Å². The number of aryl methyl sites for hydroxylation is 1. The van der Waals surface area contributed by atoms with E-state index in [4.69, 9.17) is 4.74 Å². The van der Waals surface area contributed by atoms with Crippen molar-refractivity contribution in [3.8, 4) is 5.88 Å². The molecule has 2 heterocycles. The van der Waals surface area contributed by atoms with Crippen LogP contribution in [0.1, 0.15) is 36.6 Å². The van der Waals surface area contributed by atoms with E-state index in [2.05, 4.69) is 32.2 Å². The van der Waals surface area contributed by atoms with Crippen LogP contribution in [0.3, 0.4) is 0 Å². The highest BCUT2D eigenvalue weighted by Gasteiger charge is 2.21. The largest absolute Gasteiger partial charge is 0.480 e. The van der Waals surface area contributed by atoms with Crippen LogP contribution in [-0.4, -0.2) is 33.6 Å². The van der Waals surface area contributed by atoms with Gasteiger partial charge in [0, 0.05) is 18.6 Å². The third kappa shape index (κ3) is 3.27. The van der Waals surface area contributed by atoms with Gasteiger partial charge in [0.05, 0.1) is 18.8 Å². The number of nitrogens with zero attached hydrogens (tertiary/aromatic N) is 4. The molecule has 2 aromatic heterocycles. The Morgan fingerprint density at radius 3 is 2.70 bits per heavy atom. The van der Waals surface area contributed by atoms with E-state index in [-0.39, 0.29) is 6.04 Å². The number of hydrogen-bond acceptors (Lipinski definition) is 6. The zero-order valence-corrected chi connectivity index (χ0v) is 12.0. The van der Waals surface area contributed by atoms with Crippen molar-refractivity contribution in [2.75, 3.05) is 13.7 Å². The second-order valence-electron chi connectivity index (χ2n) is 4.37. The molecule has 106 valence electrons. The molecule has 6 heteroatoms. The van der Waals surface area contributed by atoms with E-state index < -0.39 is 0 Å². The molecule has 2 aromatic rings. The van der Waals surface area contributed by atoms with Gasteiger partial charge in [-0.25, -0.2) is 15.0 Å². The predicted octanol–water partition coefficient (Wildman–Crippen LogP) is 1.67. The molecule has 0 aromatic carbocycles. The summed E-state index contributed by atoms with van der Waals surface area (Å²) in [4.78, 5) is 17.2. The van der Waals surface area contributed by atoms with Crippen LogP contribution in [0.25, 0.3) is 0 Å². The van der Waals surface area contributed by atoms with E-state index in [0.29, 0.717) is 5.88 Å². The molecular weight excluding hydrogens is 254 g/mol. The Morgan fingerprint density at radius 1 is 1.20 bits per heavy atom. The first-order valence-electron chi connectivity index (χ1n) is 6.64. The Morgan fingerprint density at radius 2 is 2.00 bits per heavy atom.